The molecule has 1 heterocycles. The van der Waals surface area contributed by atoms with Crippen molar-refractivity contribution in [2.45, 2.75) is 25.2 Å². The van der Waals surface area contributed by atoms with E-state index in [2.05, 4.69) is 32.7 Å². The second kappa shape index (κ2) is 2.25. The molecule has 52 valence electrons. The van der Waals surface area contributed by atoms with Crippen LogP contribution in [-0.2, 0) is 0 Å². The van der Waals surface area contributed by atoms with E-state index in [-0.39, 0.29) is 0 Å². The molecule has 3 atom stereocenters. The molecule has 1 aliphatic heterocycles. The van der Waals surface area contributed by atoms with Crippen molar-refractivity contribution in [1.82, 2.24) is 0 Å². The van der Waals surface area contributed by atoms with Gasteiger partial charge in [0.05, 0.1) is 17.9 Å². The van der Waals surface area contributed by atoms with Gasteiger partial charge in [0.15, 0.2) is 0 Å². The Balaban J connectivity index is 2.76. The molecule has 0 bridgehead atoms. The van der Waals surface area contributed by atoms with Gasteiger partial charge in [-0.2, -0.15) is 0 Å². The minimum atomic E-state index is -1.11. The highest BCUT2D eigenvalue weighted by atomic mass is 35.7. The first-order valence-electron chi connectivity index (χ1n) is 3.29. The first kappa shape index (κ1) is 7.57. The molecule has 0 fully saturated rings. The van der Waals surface area contributed by atoms with Gasteiger partial charge in [0.1, 0.15) is 17.9 Å². The molecule has 0 radical (unpaired) electrons. The molecule has 0 aromatic heterocycles. The van der Waals surface area contributed by atoms with Gasteiger partial charge in [-0.05, 0) is 26.0 Å². The van der Waals surface area contributed by atoms with E-state index in [0.29, 0.717) is 11.3 Å². The Labute approximate surface area is 62.4 Å². The molecule has 0 saturated heterocycles. The highest BCUT2D eigenvalue weighted by molar-refractivity contribution is 7.99. The SMILES string of the molecule is C[C@@H]1C=C[C@H](C)[P+]1(C)Cl. The Morgan fingerprint density at radius 1 is 1.22 bits per heavy atom. The maximum absolute atomic E-state index is 6.32. The molecule has 0 amide bonds. The average Bonchev–Trinajstić information content (AvgIpc) is 1.96. The summed E-state index contributed by atoms with van der Waals surface area (Å²) in [5.74, 6) is 0. The van der Waals surface area contributed by atoms with E-state index in [0.717, 1.165) is 0 Å². The third-order valence-corrected chi connectivity index (χ3v) is 7.64. The predicted molar refractivity (Wildman–Crippen MR) is 46.8 cm³/mol. The summed E-state index contributed by atoms with van der Waals surface area (Å²) in [7, 11) is 0. The highest BCUT2D eigenvalue weighted by Crippen LogP contribution is 2.71. The molecule has 0 saturated carbocycles. The Morgan fingerprint density at radius 2 is 1.56 bits per heavy atom. The lowest BCUT2D eigenvalue weighted by Gasteiger charge is -2.16. The number of halogens is 1. The summed E-state index contributed by atoms with van der Waals surface area (Å²) >= 11 is 6.32. The molecule has 0 aromatic rings. The third kappa shape index (κ3) is 1.16. The summed E-state index contributed by atoms with van der Waals surface area (Å²) in [6.45, 7) is 5.52. The summed E-state index contributed by atoms with van der Waals surface area (Å²) < 4.78 is 0. The molecule has 9 heavy (non-hydrogen) atoms. The van der Waals surface area contributed by atoms with Crippen LogP contribution in [-0.4, -0.2) is 18.0 Å². The van der Waals surface area contributed by atoms with Crippen LogP contribution in [0.25, 0.3) is 0 Å². The first-order valence-corrected chi connectivity index (χ1v) is 6.57. The lowest BCUT2D eigenvalue weighted by molar-refractivity contribution is 1.21. The van der Waals surface area contributed by atoms with Crippen LogP contribution in [0.15, 0.2) is 12.2 Å². The zero-order valence-electron chi connectivity index (χ0n) is 6.13. The van der Waals surface area contributed by atoms with E-state index in [1.54, 1.807) is 0 Å². The van der Waals surface area contributed by atoms with Gasteiger partial charge in [0, 0.05) is 0 Å². The van der Waals surface area contributed by atoms with Crippen molar-refractivity contribution in [2.75, 3.05) is 6.66 Å². The first-order chi connectivity index (χ1) is 4.05. The van der Waals surface area contributed by atoms with Crippen LogP contribution < -0.4 is 0 Å². The van der Waals surface area contributed by atoms with E-state index in [1.807, 2.05) is 0 Å². The molecule has 0 nitrogen and oxygen atoms in total. The van der Waals surface area contributed by atoms with Gasteiger partial charge < -0.3 is 0 Å². The average molecular weight is 164 g/mol. The number of rotatable bonds is 0. The Hall–Kier alpha value is 0.460. The van der Waals surface area contributed by atoms with Crippen LogP contribution >= 0.6 is 17.9 Å². The van der Waals surface area contributed by atoms with Crippen LogP contribution in [0.3, 0.4) is 0 Å². The van der Waals surface area contributed by atoms with Gasteiger partial charge in [0.2, 0.25) is 0 Å². The maximum atomic E-state index is 6.32. The minimum Gasteiger partial charge on any atom is -0.0435 e. The van der Waals surface area contributed by atoms with Crippen LogP contribution in [0.4, 0.5) is 0 Å². The van der Waals surface area contributed by atoms with Crippen molar-refractivity contribution in [3.63, 3.8) is 0 Å². The molecule has 0 aliphatic carbocycles. The fourth-order valence-electron chi connectivity index (χ4n) is 1.03. The molecule has 0 spiro atoms. The van der Waals surface area contributed by atoms with Crippen LogP contribution in [0.2, 0.25) is 0 Å². The summed E-state index contributed by atoms with van der Waals surface area (Å²) in [6.07, 6.45) is 4.48. The maximum Gasteiger partial charge on any atom is 0.124 e. The van der Waals surface area contributed by atoms with E-state index in [1.165, 1.54) is 0 Å². The monoisotopic (exact) mass is 163 g/mol. The van der Waals surface area contributed by atoms with E-state index in [4.69, 9.17) is 11.2 Å². The quantitative estimate of drug-likeness (QED) is 0.380. The number of hydrogen-bond acceptors (Lipinski definition) is 0. The molecular weight excluding hydrogens is 151 g/mol. The summed E-state index contributed by atoms with van der Waals surface area (Å²) in [5.41, 5.74) is 1.27. The lowest BCUT2D eigenvalue weighted by Crippen LogP contribution is -2.03. The molecule has 0 N–H and O–H groups in total. The smallest absolute Gasteiger partial charge is 0.0435 e. The molecular formula is C7H13ClP+. The van der Waals surface area contributed by atoms with Gasteiger partial charge in [0.25, 0.3) is 0 Å². The topological polar surface area (TPSA) is 0 Å². The van der Waals surface area contributed by atoms with E-state index >= 15 is 0 Å². The second-order valence-corrected chi connectivity index (χ2v) is 8.77. The van der Waals surface area contributed by atoms with Crippen LogP contribution in [0.1, 0.15) is 13.8 Å². The molecule has 1 rings (SSSR count). The molecule has 2 heteroatoms. The van der Waals surface area contributed by atoms with E-state index in [9.17, 15) is 0 Å². The summed E-state index contributed by atoms with van der Waals surface area (Å²) in [4.78, 5) is 0. The Bertz CT molecular complexity index is 126. The number of allylic oxidation sites excluding steroid dienone is 2. The van der Waals surface area contributed by atoms with Crippen molar-refractivity contribution < 1.29 is 0 Å². The fourth-order valence-corrected chi connectivity index (χ4v) is 3.03. The van der Waals surface area contributed by atoms with Gasteiger partial charge in [-0.1, -0.05) is 0 Å². The van der Waals surface area contributed by atoms with Gasteiger partial charge >= 0.3 is 0 Å². The lowest BCUT2D eigenvalue weighted by atomic mass is 10.4. The van der Waals surface area contributed by atoms with Crippen molar-refractivity contribution in [3.05, 3.63) is 12.2 Å². The Kier molecular flexibility index (Phi) is 1.89. The normalized spacial score (nSPS) is 50.2. The zero-order valence-corrected chi connectivity index (χ0v) is 7.78. The van der Waals surface area contributed by atoms with Gasteiger partial charge in [-0.25, -0.2) is 0 Å². The Morgan fingerprint density at radius 3 is 1.67 bits per heavy atom. The van der Waals surface area contributed by atoms with Crippen molar-refractivity contribution >= 4 is 17.9 Å². The van der Waals surface area contributed by atoms with Crippen molar-refractivity contribution in [2.24, 2.45) is 0 Å². The zero-order chi connectivity index (χ0) is 7.07. The van der Waals surface area contributed by atoms with Crippen LogP contribution in [0.5, 0.6) is 0 Å². The second-order valence-electron chi connectivity index (χ2n) is 2.90. The summed E-state index contributed by atoms with van der Waals surface area (Å²) in [6, 6.07) is 0. The highest BCUT2D eigenvalue weighted by Gasteiger charge is 2.44. The number of hydrogen-bond donors (Lipinski definition) is 0. The van der Waals surface area contributed by atoms with Gasteiger partial charge in [-0.15, -0.1) is 0 Å². The third-order valence-electron chi connectivity index (χ3n) is 2.26. The fraction of sp³-hybridized carbons (Fsp3) is 0.714. The molecule has 1 unspecified atom stereocenters. The van der Waals surface area contributed by atoms with Crippen molar-refractivity contribution in [3.8, 4) is 0 Å². The van der Waals surface area contributed by atoms with Gasteiger partial charge in [-0.3, -0.25) is 0 Å². The molecule has 1 aliphatic rings. The molecule has 0 aromatic carbocycles. The van der Waals surface area contributed by atoms with Crippen LogP contribution in [0, 0.1) is 0 Å². The minimum absolute atomic E-state index is 0.633. The van der Waals surface area contributed by atoms with E-state index < -0.39 is 6.62 Å². The van der Waals surface area contributed by atoms with Crippen molar-refractivity contribution in [1.29, 1.82) is 0 Å². The summed E-state index contributed by atoms with van der Waals surface area (Å²) in [5, 5.41) is 0. The predicted octanol–water partition coefficient (Wildman–Crippen LogP) is 3.13. The standard InChI is InChI=1S/C7H13ClP/c1-6-4-5-7(2)9(6,3)8/h4-7H,1-3H3/q+1/t6-,7+,9?. The largest absolute Gasteiger partial charge is 0.124 e.